The fourth-order valence-electron chi connectivity index (χ4n) is 2.25. The molecule has 1 aliphatic rings. The molecule has 24 heavy (non-hydrogen) atoms. The van der Waals surface area contributed by atoms with Crippen LogP contribution in [-0.2, 0) is 16.0 Å². The highest BCUT2D eigenvalue weighted by atomic mass is 35.5. The van der Waals surface area contributed by atoms with E-state index in [1.807, 2.05) is 18.2 Å². The van der Waals surface area contributed by atoms with Crippen LogP contribution in [0.2, 0.25) is 5.02 Å². The molecular weight excluding hydrogens is 330 g/mol. The SMILES string of the molecule is COC(=O)[C@@H](N)Cc1cc(-c2ccc(OC3CC3)c(Cl)c2)ncn1. The van der Waals surface area contributed by atoms with Crippen LogP contribution in [0.1, 0.15) is 18.5 Å². The minimum Gasteiger partial charge on any atom is -0.489 e. The topological polar surface area (TPSA) is 87.3 Å². The molecule has 1 aromatic heterocycles. The van der Waals surface area contributed by atoms with Gasteiger partial charge in [-0.1, -0.05) is 11.6 Å². The van der Waals surface area contributed by atoms with Crippen LogP contribution in [0.4, 0.5) is 0 Å². The van der Waals surface area contributed by atoms with Gasteiger partial charge >= 0.3 is 5.97 Å². The molecule has 1 aliphatic carbocycles. The third-order valence-electron chi connectivity index (χ3n) is 3.70. The summed E-state index contributed by atoms with van der Waals surface area (Å²) in [6.45, 7) is 0. The number of nitrogens with zero attached hydrogens (tertiary/aromatic N) is 2. The number of halogens is 1. The Bertz CT molecular complexity index is 750. The number of nitrogens with two attached hydrogens (primary N) is 1. The number of methoxy groups -OCH3 is 1. The molecule has 0 unspecified atom stereocenters. The monoisotopic (exact) mass is 347 g/mol. The van der Waals surface area contributed by atoms with Crippen LogP contribution in [0.25, 0.3) is 11.3 Å². The predicted molar refractivity (Wildman–Crippen MR) is 89.8 cm³/mol. The first-order valence-corrected chi connectivity index (χ1v) is 8.05. The lowest BCUT2D eigenvalue weighted by molar-refractivity contribution is -0.142. The van der Waals surface area contributed by atoms with Gasteiger partial charge in [-0.2, -0.15) is 0 Å². The lowest BCUT2D eigenvalue weighted by Crippen LogP contribution is -2.33. The summed E-state index contributed by atoms with van der Waals surface area (Å²) in [5.74, 6) is 0.213. The number of rotatable bonds is 6. The van der Waals surface area contributed by atoms with Gasteiger partial charge in [-0.05, 0) is 37.1 Å². The summed E-state index contributed by atoms with van der Waals surface area (Å²) in [5, 5.41) is 0.547. The average molecular weight is 348 g/mol. The Labute approximate surface area is 145 Å². The van der Waals surface area contributed by atoms with Crippen molar-refractivity contribution in [2.45, 2.75) is 31.4 Å². The van der Waals surface area contributed by atoms with Gasteiger partial charge < -0.3 is 15.2 Å². The van der Waals surface area contributed by atoms with E-state index in [1.54, 1.807) is 6.07 Å². The van der Waals surface area contributed by atoms with E-state index in [-0.39, 0.29) is 6.42 Å². The summed E-state index contributed by atoms with van der Waals surface area (Å²) in [4.78, 5) is 19.8. The quantitative estimate of drug-likeness (QED) is 0.807. The van der Waals surface area contributed by atoms with Crippen molar-refractivity contribution in [1.29, 1.82) is 0 Å². The minimum atomic E-state index is -0.754. The summed E-state index contributed by atoms with van der Waals surface area (Å²) < 4.78 is 10.4. The molecule has 3 rings (SSSR count). The zero-order chi connectivity index (χ0) is 17.1. The fraction of sp³-hybridized carbons (Fsp3) is 0.353. The summed E-state index contributed by atoms with van der Waals surface area (Å²) in [7, 11) is 1.31. The van der Waals surface area contributed by atoms with E-state index in [0.717, 1.165) is 18.4 Å². The number of carbonyl (C=O) groups excluding carboxylic acids is 1. The van der Waals surface area contributed by atoms with Crippen molar-refractivity contribution in [3.8, 4) is 17.0 Å². The van der Waals surface area contributed by atoms with Gasteiger partial charge in [0.2, 0.25) is 0 Å². The Hall–Kier alpha value is -2.18. The van der Waals surface area contributed by atoms with Crippen molar-refractivity contribution >= 4 is 17.6 Å². The molecule has 0 amide bonds. The normalized spacial score (nSPS) is 15.0. The van der Waals surface area contributed by atoms with Crippen LogP contribution >= 0.6 is 11.6 Å². The molecule has 0 aliphatic heterocycles. The Balaban J connectivity index is 1.78. The van der Waals surface area contributed by atoms with Crippen LogP contribution in [0, 0.1) is 0 Å². The molecule has 1 saturated carbocycles. The Morgan fingerprint density at radius 1 is 1.38 bits per heavy atom. The number of hydrogen-bond donors (Lipinski definition) is 1. The van der Waals surface area contributed by atoms with Gasteiger partial charge in [-0.15, -0.1) is 0 Å². The third kappa shape index (κ3) is 4.01. The van der Waals surface area contributed by atoms with Crippen LogP contribution < -0.4 is 10.5 Å². The molecule has 0 radical (unpaired) electrons. The standard InChI is InChI=1S/C17H18ClN3O3/c1-23-17(22)14(19)7-11-8-15(21-9-20-11)10-2-5-16(13(18)6-10)24-12-3-4-12/h2,5-6,8-9,12,14H,3-4,7,19H2,1H3/t14-/m0/s1. The first-order chi connectivity index (χ1) is 11.6. The van der Waals surface area contributed by atoms with Gasteiger partial charge in [0.25, 0.3) is 0 Å². The smallest absolute Gasteiger partial charge is 0.323 e. The van der Waals surface area contributed by atoms with Crippen LogP contribution in [0.15, 0.2) is 30.6 Å². The predicted octanol–water partition coefficient (Wildman–Crippen LogP) is 2.38. The van der Waals surface area contributed by atoms with Gasteiger partial charge in [0.05, 0.1) is 23.9 Å². The maximum absolute atomic E-state index is 11.4. The summed E-state index contributed by atoms with van der Waals surface area (Å²) in [6.07, 6.45) is 4.16. The molecular formula is C17H18ClN3O3. The molecule has 6 nitrogen and oxygen atoms in total. The van der Waals surface area contributed by atoms with E-state index >= 15 is 0 Å². The van der Waals surface area contributed by atoms with E-state index in [0.29, 0.717) is 28.3 Å². The maximum atomic E-state index is 11.4. The van der Waals surface area contributed by atoms with Gasteiger partial charge in [-0.3, -0.25) is 4.79 Å². The molecule has 1 aromatic carbocycles. The molecule has 7 heteroatoms. The van der Waals surface area contributed by atoms with E-state index in [2.05, 4.69) is 14.7 Å². The summed E-state index contributed by atoms with van der Waals surface area (Å²) in [6, 6.07) is 6.59. The highest BCUT2D eigenvalue weighted by Crippen LogP contribution is 2.34. The molecule has 0 spiro atoms. The van der Waals surface area contributed by atoms with Crippen molar-refractivity contribution in [2.24, 2.45) is 5.73 Å². The maximum Gasteiger partial charge on any atom is 0.323 e. The molecule has 1 heterocycles. The highest BCUT2D eigenvalue weighted by molar-refractivity contribution is 6.32. The van der Waals surface area contributed by atoms with E-state index in [4.69, 9.17) is 22.1 Å². The Morgan fingerprint density at radius 3 is 2.83 bits per heavy atom. The zero-order valence-electron chi connectivity index (χ0n) is 13.2. The summed E-state index contributed by atoms with van der Waals surface area (Å²) in [5.41, 5.74) is 7.98. The van der Waals surface area contributed by atoms with Gasteiger partial charge in [0.15, 0.2) is 0 Å². The van der Waals surface area contributed by atoms with Crippen molar-refractivity contribution in [3.63, 3.8) is 0 Å². The first-order valence-electron chi connectivity index (χ1n) is 7.67. The average Bonchev–Trinajstić information content (AvgIpc) is 3.40. The Kier molecular flexibility index (Phi) is 4.97. The van der Waals surface area contributed by atoms with Gasteiger partial charge in [0, 0.05) is 17.7 Å². The van der Waals surface area contributed by atoms with Crippen molar-refractivity contribution in [3.05, 3.63) is 41.3 Å². The number of carbonyl (C=O) groups is 1. The summed E-state index contributed by atoms with van der Waals surface area (Å²) >= 11 is 6.29. The lowest BCUT2D eigenvalue weighted by Gasteiger charge is -2.10. The Morgan fingerprint density at radius 2 is 2.17 bits per heavy atom. The van der Waals surface area contributed by atoms with Crippen molar-refractivity contribution in [2.75, 3.05) is 7.11 Å². The minimum absolute atomic E-state index is 0.277. The number of esters is 1. The molecule has 0 saturated heterocycles. The van der Waals surface area contributed by atoms with E-state index in [9.17, 15) is 4.79 Å². The van der Waals surface area contributed by atoms with Crippen LogP contribution in [0.5, 0.6) is 5.75 Å². The first kappa shape index (κ1) is 16.7. The van der Waals surface area contributed by atoms with Gasteiger partial charge in [-0.25, -0.2) is 9.97 Å². The highest BCUT2D eigenvalue weighted by Gasteiger charge is 2.24. The van der Waals surface area contributed by atoms with Crippen LogP contribution in [-0.4, -0.2) is 35.2 Å². The molecule has 126 valence electrons. The van der Waals surface area contributed by atoms with Crippen molar-refractivity contribution < 1.29 is 14.3 Å². The third-order valence-corrected chi connectivity index (χ3v) is 4.00. The van der Waals surface area contributed by atoms with Crippen molar-refractivity contribution in [1.82, 2.24) is 9.97 Å². The lowest BCUT2D eigenvalue weighted by atomic mass is 10.1. The van der Waals surface area contributed by atoms with Gasteiger partial charge in [0.1, 0.15) is 18.1 Å². The second kappa shape index (κ2) is 7.15. The molecule has 1 fully saturated rings. The molecule has 2 aromatic rings. The zero-order valence-corrected chi connectivity index (χ0v) is 14.0. The number of aromatic nitrogens is 2. The molecule has 1 atom stereocenters. The van der Waals surface area contributed by atoms with Crippen LogP contribution in [0.3, 0.4) is 0 Å². The largest absolute Gasteiger partial charge is 0.489 e. The number of hydrogen-bond acceptors (Lipinski definition) is 6. The molecule has 2 N–H and O–H groups in total. The van der Waals surface area contributed by atoms with E-state index < -0.39 is 12.0 Å². The number of ether oxygens (including phenoxy) is 2. The van der Waals surface area contributed by atoms with E-state index in [1.165, 1.54) is 13.4 Å². The number of benzene rings is 1. The molecule has 0 bridgehead atoms. The fourth-order valence-corrected chi connectivity index (χ4v) is 2.47. The second-order valence-corrected chi connectivity index (χ2v) is 6.10. The second-order valence-electron chi connectivity index (χ2n) is 5.69.